The monoisotopic (exact) mass is 827 g/mol. The van der Waals surface area contributed by atoms with Crippen LogP contribution in [-0.2, 0) is 5.41 Å². The van der Waals surface area contributed by atoms with Crippen LogP contribution in [0.3, 0.4) is 0 Å². The van der Waals surface area contributed by atoms with Crippen LogP contribution in [0.4, 0.5) is 17.1 Å². The Bertz CT molecular complexity index is 3530. The van der Waals surface area contributed by atoms with E-state index in [-0.39, 0.29) is 5.41 Å². The highest BCUT2D eigenvalue weighted by Crippen LogP contribution is 2.55. The van der Waals surface area contributed by atoms with Crippen molar-refractivity contribution in [3.05, 3.63) is 271 Å². The topological polar surface area (TPSA) is 3.24 Å². The van der Waals surface area contributed by atoms with E-state index in [1.165, 1.54) is 93.9 Å². The van der Waals surface area contributed by atoms with Gasteiger partial charge in [0.15, 0.2) is 0 Å². The van der Waals surface area contributed by atoms with E-state index in [0.717, 1.165) is 17.1 Å². The summed E-state index contributed by atoms with van der Waals surface area (Å²) in [6.45, 7) is 2.39. The molecule has 11 aromatic carbocycles. The molecule has 0 spiro atoms. The highest BCUT2D eigenvalue weighted by Gasteiger charge is 2.41. The second-order valence-electron chi connectivity index (χ2n) is 17.4. The van der Waals surface area contributed by atoms with Gasteiger partial charge in [0, 0.05) is 22.5 Å². The summed E-state index contributed by atoms with van der Waals surface area (Å²) in [5, 5.41) is 5.02. The van der Waals surface area contributed by atoms with Crippen molar-refractivity contribution in [1.82, 2.24) is 0 Å². The minimum absolute atomic E-state index is 0.267. The van der Waals surface area contributed by atoms with Gasteiger partial charge in [0.25, 0.3) is 0 Å². The van der Waals surface area contributed by atoms with Crippen LogP contribution in [0.1, 0.15) is 23.6 Å². The molecule has 0 saturated carbocycles. The van der Waals surface area contributed by atoms with E-state index >= 15 is 0 Å². The lowest BCUT2D eigenvalue weighted by Gasteiger charge is -2.28. The van der Waals surface area contributed by atoms with Gasteiger partial charge in [0.05, 0.1) is 0 Å². The van der Waals surface area contributed by atoms with Gasteiger partial charge < -0.3 is 4.90 Å². The second-order valence-corrected chi connectivity index (χ2v) is 17.4. The third-order valence-electron chi connectivity index (χ3n) is 13.8. The summed E-state index contributed by atoms with van der Waals surface area (Å²) < 4.78 is 0. The van der Waals surface area contributed by atoms with Gasteiger partial charge in [-0.25, -0.2) is 0 Å². The molecule has 0 radical (unpaired) electrons. The largest absolute Gasteiger partial charge is 0.310 e. The predicted molar refractivity (Wildman–Crippen MR) is 275 cm³/mol. The first-order valence-corrected chi connectivity index (χ1v) is 22.6. The second kappa shape index (κ2) is 15.8. The zero-order valence-corrected chi connectivity index (χ0v) is 36.2. The Kier molecular flexibility index (Phi) is 9.35. The Morgan fingerprint density at radius 2 is 0.815 bits per heavy atom. The standard InChI is InChI=1S/C64H45N/c1-64(53-19-3-2-4-20-53)61-26-10-9-23-60(61)63-59(25-13-27-62(63)64)52-18-11-21-56(43-52)65(55-40-36-49(37-41-55)58-24-12-17-48-15-7-8-22-57(48)58)54-38-34-46(35-39-54)45-28-30-47(31-29-45)51-33-32-44-14-5-6-16-50(44)42-51/h2-43H,1H3. The van der Waals surface area contributed by atoms with Gasteiger partial charge in [0.1, 0.15) is 0 Å². The van der Waals surface area contributed by atoms with Crippen LogP contribution in [0, 0.1) is 0 Å². The third-order valence-corrected chi connectivity index (χ3v) is 13.8. The van der Waals surface area contributed by atoms with Crippen molar-refractivity contribution in [1.29, 1.82) is 0 Å². The Labute approximate surface area is 381 Å². The molecule has 1 atom stereocenters. The fourth-order valence-electron chi connectivity index (χ4n) is 10.4. The van der Waals surface area contributed by atoms with Gasteiger partial charge in [-0.05, 0) is 143 Å². The smallest absolute Gasteiger partial charge is 0.0467 e. The molecule has 1 unspecified atom stereocenters. The van der Waals surface area contributed by atoms with E-state index in [0.29, 0.717) is 0 Å². The average Bonchev–Trinajstić information content (AvgIpc) is 3.65. The van der Waals surface area contributed by atoms with Gasteiger partial charge >= 0.3 is 0 Å². The van der Waals surface area contributed by atoms with E-state index in [1.54, 1.807) is 0 Å². The first-order chi connectivity index (χ1) is 32.1. The van der Waals surface area contributed by atoms with Crippen molar-refractivity contribution in [2.75, 3.05) is 4.90 Å². The Morgan fingerprint density at radius 1 is 0.292 bits per heavy atom. The molecular formula is C64H45N. The van der Waals surface area contributed by atoms with Crippen LogP contribution in [0.2, 0.25) is 0 Å². The molecule has 0 bridgehead atoms. The minimum atomic E-state index is -0.267. The van der Waals surface area contributed by atoms with Crippen molar-refractivity contribution in [2.45, 2.75) is 12.3 Å². The molecule has 0 saturated heterocycles. The van der Waals surface area contributed by atoms with E-state index in [4.69, 9.17) is 0 Å². The van der Waals surface area contributed by atoms with Gasteiger partial charge in [-0.2, -0.15) is 0 Å². The average molecular weight is 828 g/mol. The number of anilines is 3. The fourth-order valence-corrected chi connectivity index (χ4v) is 10.4. The molecule has 1 heteroatoms. The predicted octanol–water partition coefficient (Wildman–Crippen LogP) is 17.5. The molecule has 0 N–H and O–H groups in total. The normalized spacial score (nSPS) is 14.0. The van der Waals surface area contributed by atoms with Crippen LogP contribution in [0.5, 0.6) is 0 Å². The summed E-state index contributed by atoms with van der Waals surface area (Å²) in [5.74, 6) is 0. The first kappa shape index (κ1) is 38.4. The van der Waals surface area contributed by atoms with Gasteiger partial charge in [0.2, 0.25) is 0 Å². The maximum Gasteiger partial charge on any atom is 0.0467 e. The zero-order chi connectivity index (χ0) is 43.3. The van der Waals surface area contributed by atoms with Crippen molar-refractivity contribution in [3.63, 3.8) is 0 Å². The maximum absolute atomic E-state index is 2.40. The molecule has 1 nitrogen and oxygen atoms in total. The van der Waals surface area contributed by atoms with E-state index in [2.05, 4.69) is 267 Å². The molecule has 0 aliphatic heterocycles. The summed E-state index contributed by atoms with van der Waals surface area (Å²) in [5.41, 5.74) is 19.3. The number of hydrogen-bond acceptors (Lipinski definition) is 1. The van der Waals surface area contributed by atoms with Crippen LogP contribution in [0.25, 0.3) is 77.2 Å². The van der Waals surface area contributed by atoms with Crippen LogP contribution >= 0.6 is 0 Å². The molecule has 306 valence electrons. The molecule has 0 heterocycles. The van der Waals surface area contributed by atoms with Crippen LogP contribution in [-0.4, -0.2) is 0 Å². The Hall–Kier alpha value is -8.26. The van der Waals surface area contributed by atoms with E-state index in [9.17, 15) is 0 Å². The van der Waals surface area contributed by atoms with Gasteiger partial charge in [-0.1, -0.05) is 212 Å². The number of nitrogens with zero attached hydrogens (tertiary/aromatic N) is 1. The highest BCUT2D eigenvalue weighted by molar-refractivity contribution is 5.98. The molecule has 0 fully saturated rings. The Balaban J connectivity index is 0.943. The molecule has 1 aliphatic rings. The summed E-state index contributed by atoms with van der Waals surface area (Å²) in [7, 11) is 0. The number of rotatable bonds is 8. The first-order valence-electron chi connectivity index (χ1n) is 22.6. The van der Waals surface area contributed by atoms with Crippen LogP contribution in [0.15, 0.2) is 255 Å². The van der Waals surface area contributed by atoms with Crippen molar-refractivity contribution in [2.24, 2.45) is 0 Å². The summed E-state index contributed by atoms with van der Waals surface area (Å²) in [6.07, 6.45) is 0. The lowest BCUT2D eigenvalue weighted by atomic mass is 9.74. The van der Waals surface area contributed by atoms with E-state index < -0.39 is 0 Å². The van der Waals surface area contributed by atoms with Crippen molar-refractivity contribution >= 4 is 38.6 Å². The molecule has 0 amide bonds. The lowest BCUT2D eigenvalue weighted by Crippen LogP contribution is -2.22. The van der Waals surface area contributed by atoms with E-state index in [1.807, 2.05) is 0 Å². The Morgan fingerprint density at radius 3 is 1.58 bits per heavy atom. The molecule has 1 aliphatic carbocycles. The SMILES string of the molecule is CC1(c2ccccc2)c2ccccc2-c2c(-c3cccc(N(c4ccc(-c5ccc(-c6ccc7ccccc7c6)cc5)cc4)c4ccc(-c5cccc6ccccc56)cc4)c3)cccc21. The molecule has 0 aromatic heterocycles. The maximum atomic E-state index is 2.40. The van der Waals surface area contributed by atoms with Crippen LogP contribution < -0.4 is 4.90 Å². The van der Waals surface area contributed by atoms with Crippen molar-refractivity contribution < 1.29 is 0 Å². The summed E-state index contributed by atoms with van der Waals surface area (Å²) in [4.78, 5) is 2.40. The van der Waals surface area contributed by atoms with Gasteiger partial charge in [-0.15, -0.1) is 0 Å². The fraction of sp³-hybridized carbons (Fsp3) is 0.0312. The van der Waals surface area contributed by atoms with Gasteiger partial charge in [-0.3, -0.25) is 0 Å². The third kappa shape index (κ3) is 6.64. The van der Waals surface area contributed by atoms with Crippen molar-refractivity contribution in [3.8, 4) is 55.6 Å². The minimum Gasteiger partial charge on any atom is -0.310 e. The number of benzene rings is 11. The number of hydrogen-bond donors (Lipinski definition) is 0. The quantitative estimate of drug-likeness (QED) is 0.147. The molecule has 11 aromatic rings. The summed E-state index contributed by atoms with van der Waals surface area (Å²) >= 11 is 0. The highest BCUT2D eigenvalue weighted by atomic mass is 15.1. The molecular weight excluding hydrogens is 783 g/mol. The molecule has 12 rings (SSSR count). The molecule has 65 heavy (non-hydrogen) atoms. The lowest BCUT2D eigenvalue weighted by molar-refractivity contribution is 0.714. The zero-order valence-electron chi connectivity index (χ0n) is 36.2. The summed E-state index contributed by atoms with van der Waals surface area (Å²) in [6, 6.07) is 93.5. The number of fused-ring (bicyclic) bond motifs is 5.